The van der Waals surface area contributed by atoms with E-state index in [1.165, 1.54) is 18.2 Å². The lowest BCUT2D eigenvalue weighted by molar-refractivity contribution is -0.132. The monoisotopic (exact) mass is 694 g/mol. The molecule has 0 spiro atoms. The molecule has 5 rings (SSSR count). The zero-order valence-corrected chi connectivity index (χ0v) is 28.7. The van der Waals surface area contributed by atoms with Crippen molar-refractivity contribution in [2.75, 3.05) is 77.3 Å². The average Bonchev–Trinajstić information content (AvgIpc) is 3.74. The van der Waals surface area contributed by atoms with Crippen molar-refractivity contribution < 1.29 is 33.5 Å². The molecule has 2 fully saturated rings. The molecule has 6 N–H and O–H groups in total. The Bertz CT molecular complexity index is 1630. The number of piperazine rings is 1. The third-order valence-corrected chi connectivity index (χ3v) is 9.38. The van der Waals surface area contributed by atoms with Crippen LogP contribution < -0.4 is 21.3 Å². The molecule has 3 aliphatic rings. The fourth-order valence-electron chi connectivity index (χ4n) is 6.55. The summed E-state index contributed by atoms with van der Waals surface area (Å²) >= 11 is 0. The molecule has 1 atom stereocenters. The maximum atomic E-state index is 13.9. The van der Waals surface area contributed by atoms with Gasteiger partial charge >= 0.3 is 0 Å². The van der Waals surface area contributed by atoms with Crippen LogP contribution in [0.4, 0.5) is 10.1 Å². The van der Waals surface area contributed by atoms with Crippen LogP contribution >= 0.6 is 0 Å². The lowest BCUT2D eigenvalue weighted by Crippen LogP contribution is -2.49. The van der Waals surface area contributed by atoms with Gasteiger partial charge in [0.05, 0.1) is 30.3 Å². The highest BCUT2D eigenvalue weighted by Gasteiger charge is 2.27. The van der Waals surface area contributed by atoms with Gasteiger partial charge in [0.1, 0.15) is 5.82 Å². The second-order valence-electron chi connectivity index (χ2n) is 13.1. The first-order chi connectivity index (χ1) is 24.0. The van der Waals surface area contributed by atoms with Gasteiger partial charge in [-0.05, 0) is 69.5 Å². The number of rotatable bonds is 14. The van der Waals surface area contributed by atoms with Crippen molar-refractivity contribution in [2.24, 2.45) is 0 Å². The number of H-pyrrole nitrogens is 1. The molecule has 14 nitrogen and oxygen atoms in total. The van der Waals surface area contributed by atoms with Gasteiger partial charge in [0.25, 0.3) is 11.8 Å². The van der Waals surface area contributed by atoms with E-state index in [1.807, 2.05) is 6.92 Å². The van der Waals surface area contributed by atoms with Crippen LogP contribution in [0.25, 0.3) is 11.6 Å². The number of anilines is 1. The van der Waals surface area contributed by atoms with E-state index in [1.54, 1.807) is 17.9 Å². The zero-order valence-electron chi connectivity index (χ0n) is 28.7. The van der Waals surface area contributed by atoms with Gasteiger partial charge in [0, 0.05) is 81.4 Å². The molecular weight excluding hydrogens is 647 g/mol. The normalized spacial score (nSPS) is 18.6. The molecule has 0 bridgehead atoms. The van der Waals surface area contributed by atoms with Crippen LogP contribution in [0.5, 0.6) is 0 Å². The molecule has 0 unspecified atom stereocenters. The Morgan fingerprint density at radius 2 is 1.72 bits per heavy atom. The van der Waals surface area contributed by atoms with Crippen LogP contribution in [0.15, 0.2) is 18.2 Å². The number of nitrogens with zero attached hydrogens (tertiary/aromatic N) is 3. The van der Waals surface area contributed by atoms with Gasteiger partial charge in [-0.25, -0.2) is 4.39 Å². The first-order valence-corrected chi connectivity index (χ1v) is 17.2. The van der Waals surface area contributed by atoms with E-state index in [4.69, 9.17) is 0 Å². The maximum Gasteiger partial charge on any atom is 0.256 e. The molecule has 0 saturated carbocycles. The fraction of sp³-hybridized carbons (Fsp3) is 0.514. The summed E-state index contributed by atoms with van der Waals surface area (Å²) in [5.74, 6) is -1.51. The Balaban J connectivity index is 0.943. The second kappa shape index (κ2) is 16.9. The predicted octanol–water partition coefficient (Wildman–Crippen LogP) is 0.607. The molecule has 1 aromatic heterocycles. The number of amides is 5. The summed E-state index contributed by atoms with van der Waals surface area (Å²) in [5.41, 5.74) is 3.90. The van der Waals surface area contributed by atoms with E-state index in [0.29, 0.717) is 78.4 Å². The molecule has 2 saturated heterocycles. The summed E-state index contributed by atoms with van der Waals surface area (Å²) in [7, 11) is 0. The number of aryl methyl sites for hydroxylation is 1. The predicted molar refractivity (Wildman–Crippen MR) is 185 cm³/mol. The van der Waals surface area contributed by atoms with Crippen molar-refractivity contribution in [3.63, 3.8) is 0 Å². The molecule has 1 aromatic carbocycles. The SMILES string of the molecule is Cc1[nH]c(/C=C2\C(=O)Nc3ccc(F)cc32)c(C)c1C(=O)NCCCN1CCN(CC(=O)NCCCC(=O)NCC(=O)N2CC[C@@H](O)C2)CC1. The smallest absolute Gasteiger partial charge is 0.256 e. The number of benzene rings is 1. The van der Waals surface area contributed by atoms with Gasteiger partial charge in [-0.3, -0.25) is 28.9 Å². The minimum atomic E-state index is -0.495. The fourth-order valence-corrected chi connectivity index (χ4v) is 6.55. The van der Waals surface area contributed by atoms with Gasteiger partial charge in [0.15, 0.2) is 0 Å². The van der Waals surface area contributed by atoms with Gasteiger partial charge < -0.3 is 41.2 Å². The Kier molecular flexibility index (Phi) is 12.4. The maximum absolute atomic E-state index is 13.9. The van der Waals surface area contributed by atoms with Crippen LogP contribution in [0.3, 0.4) is 0 Å². The van der Waals surface area contributed by atoms with E-state index in [2.05, 4.69) is 36.1 Å². The number of halogens is 1. The van der Waals surface area contributed by atoms with Crippen LogP contribution in [0.1, 0.15) is 58.6 Å². The van der Waals surface area contributed by atoms with Gasteiger partial charge in [-0.2, -0.15) is 0 Å². The molecule has 5 amide bonds. The minimum absolute atomic E-state index is 0.0872. The zero-order chi connectivity index (χ0) is 35.8. The van der Waals surface area contributed by atoms with Crippen LogP contribution in [-0.2, 0) is 19.2 Å². The standard InChI is InChI=1S/C35H47FN8O6/c1-22-29(18-27-26-17-24(36)6-7-28(26)41-34(27)49)40-23(2)33(22)35(50)38-10-4-11-42-13-15-43(16-14-42)21-31(47)37-9-3-5-30(46)39-19-32(48)44-12-8-25(45)20-44/h6-7,17-18,25,40,45H,3-5,8-16,19-21H2,1-2H3,(H,37,47)(H,38,50)(H,39,46)(H,41,49)/b27-18-/t25-/m1/s1. The Morgan fingerprint density at radius 1 is 0.980 bits per heavy atom. The van der Waals surface area contributed by atoms with Crippen LogP contribution in [-0.4, -0.2) is 132 Å². The highest BCUT2D eigenvalue weighted by atomic mass is 19.1. The van der Waals surface area contributed by atoms with Gasteiger partial charge in [-0.15, -0.1) is 0 Å². The molecule has 4 heterocycles. The third kappa shape index (κ3) is 9.55. The minimum Gasteiger partial charge on any atom is -0.391 e. The summed E-state index contributed by atoms with van der Waals surface area (Å²) in [6, 6.07) is 4.15. The summed E-state index contributed by atoms with van der Waals surface area (Å²) < 4.78 is 13.9. The van der Waals surface area contributed by atoms with Crippen molar-refractivity contribution in [3.05, 3.63) is 52.1 Å². The molecule has 50 heavy (non-hydrogen) atoms. The van der Waals surface area contributed by atoms with Crippen molar-refractivity contribution in [2.45, 2.75) is 45.6 Å². The first-order valence-electron chi connectivity index (χ1n) is 17.2. The molecule has 270 valence electrons. The number of carbonyl (C=O) groups excluding carboxylic acids is 5. The molecule has 3 aliphatic heterocycles. The quantitative estimate of drug-likeness (QED) is 0.123. The molecular formula is C35H47FN8O6. The number of aromatic nitrogens is 1. The summed E-state index contributed by atoms with van der Waals surface area (Å²) in [5, 5.41) is 20.7. The highest BCUT2D eigenvalue weighted by molar-refractivity contribution is 6.35. The highest BCUT2D eigenvalue weighted by Crippen LogP contribution is 2.34. The number of aliphatic hydroxyl groups is 1. The Morgan fingerprint density at radius 3 is 2.46 bits per heavy atom. The number of hydrogen-bond donors (Lipinski definition) is 6. The number of hydrogen-bond acceptors (Lipinski definition) is 8. The lowest BCUT2D eigenvalue weighted by atomic mass is 10.0. The van der Waals surface area contributed by atoms with Gasteiger partial charge in [-0.1, -0.05) is 0 Å². The van der Waals surface area contributed by atoms with Gasteiger partial charge in [0.2, 0.25) is 17.7 Å². The molecule has 0 aliphatic carbocycles. The average molecular weight is 695 g/mol. The van der Waals surface area contributed by atoms with Crippen molar-refractivity contribution in [3.8, 4) is 0 Å². The van der Waals surface area contributed by atoms with E-state index in [-0.39, 0.29) is 49.0 Å². The van der Waals surface area contributed by atoms with Crippen LogP contribution in [0.2, 0.25) is 0 Å². The van der Waals surface area contributed by atoms with E-state index >= 15 is 0 Å². The van der Waals surface area contributed by atoms with Crippen molar-refractivity contribution in [1.82, 2.24) is 35.6 Å². The number of carbonyl (C=O) groups is 5. The molecule has 2 aromatic rings. The summed E-state index contributed by atoms with van der Waals surface area (Å²) in [6.45, 7) is 9.42. The Hall–Kier alpha value is -4.60. The summed E-state index contributed by atoms with van der Waals surface area (Å²) in [4.78, 5) is 71.3. The number of aromatic amines is 1. The van der Waals surface area contributed by atoms with Crippen molar-refractivity contribution in [1.29, 1.82) is 0 Å². The van der Waals surface area contributed by atoms with E-state index < -0.39 is 11.9 Å². The number of β-amino-alcohol motifs (C(OH)–C–C–N with tert-alkyl or cyclic N) is 1. The number of aliphatic hydroxyl groups excluding tert-OH is 1. The van der Waals surface area contributed by atoms with E-state index in [0.717, 1.165) is 39.1 Å². The molecule has 0 radical (unpaired) electrons. The van der Waals surface area contributed by atoms with E-state index in [9.17, 15) is 33.5 Å². The molecule has 15 heteroatoms. The largest absolute Gasteiger partial charge is 0.391 e. The topological polar surface area (TPSA) is 179 Å². The summed E-state index contributed by atoms with van der Waals surface area (Å²) in [6.07, 6.45) is 3.15. The second-order valence-corrected chi connectivity index (χ2v) is 13.1. The lowest BCUT2D eigenvalue weighted by Gasteiger charge is -2.34. The number of fused-ring (bicyclic) bond motifs is 1. The van der Waals surface area contributed by atoms with Crippen LogP contribution in [0, 0.1) is 19.7 Å². The Labute approximate surface area is 290 Å². The number of nitrogens with one attached hydrogen (secondary N) is 5. The third-order valence-electron chi connectivity index (χ3n) is 9.38. The van der Waals surface area contributed by atoms with Crippen molar-refractivity contribution >= 4 is 46.9 Å². The first kappa shape index (κ1) is 36.7. The number of likely N-dealkylation sites (tertiary alicyclic amines) is 1.